The van der Waals surface area contributed by atoms with Gasteiger partial charge >= 0.3 is 0 Å². The lowest BCUT2D eigenvalue weighted by Crippen LogP contribution is -2.18. The van der Waals surface area contributed by atoms with Gasteiger partial charge in [-0.1, -0.05) is 12.1 Å². The fraction of sp³-hybridized carbons (Fsp3) is 0.533. The third-order valence-corrected chi connectivity index (χ3v) is 3.36. The fourth-order valence-corrected chi connectivity index (χ4v) is 2.02. The standard InChI is InChI=1S/C15H25N3O3/c1-11(10-19)4-3-7-17-9-13-8-12(15(16)18-20)5-6-14(13)21-2/h5-6,8,11,17,19-20H,3-4,7,9-10H2,1-2H3,(H2,16,18). The van der Waals surface area contributed by atoms with E-state index < -0.39 is 0 Å². The average Bonchev–Trinajstić information content (AvgIpc) is 2.53. The van der Waals surface area contributed by atoms with Crippen LogP contribution in [0.15, 0.2) is 23.4 Å². The molecule has 0 saturated heterocycles. The Labute approximate surface area is 125 Å². The predicted molar refractivity (Wildman–Crippen MR) is 82.7 cm³/mol. The van der Waals surface area contributed by atoms with Gasteiger partial charge < -0.3 is 26.1 Å². The first-order valence-electron chi connectivity index (χ1n) is 7.08. The van der Waals surface area contributed by atoms with E-state index in [-0.39, 0.29) is 12.4 Å². The molecule has 1 aromatic carbocycles. The number of hydrogen-bond donors (Lipinski definition) is 4. The molecule has 0 bridgehead atoms. The average molecular weight is 295 g/mol. The van der Waals surface area contributed by atoms with Crippen LogP contribution in [0.4, 0.5) is 0 Å². The molecule has 0 saturated carbocycles. The molecule has 0 heterocycles. The van der Waals surface area contributed by atoms with Crippen molar-refractivity contribution in [3.8, 4) is 5.75 Å². The number of oxime groups is 1. The Hall–Kier alpha value is -1.79. The minimum atomic E-state index is 0.0793. The van der Waals surface area contributed by atoms with E-state index in [0.29, 0.717) is 18.0 Å². The van der Waals surface area contributed by atoms with Crippen LogP contribution in [-0.2, 0) is 6.54 Å². The Balaban J connectivity index is 2.56. The van der Waals surface area contributed by atoms with Crippen molar-refractivity contribution < 1.29 is 15.1 Å². The van der Waals surface area contributed by atoms with Gasteiger partial charge in [0.15, 0.2) is 5.84 Å². The van der Waals surface area contributed by atoms with Crippen molar-refractivity contribution in [3.63, 3.8) is 0 Å². The van der Waals surface area contributed by atoms with Gasteiger partial charge in [0.2, 0.25) is 0 Å². The van der Waals surface area contributed by atoms with Crippen molar-refractivity contribution in [2.45, 2.75) is 26.3 Å². The summed E-state index contributed by atoms with van der Waals surface area (Å²) in [5.74, 6) is 1.18. The molecule has 0 aliphatic heterocycles. The SMILES string of the molecule is COc1ccc(/C(N)=N/O)cc1CNCCCC(C)CO. The highest BCUT2D eigenvalue weighted by Gasteiger charge is 2.07. The Morgan fingerprint density at radius 3 is 2.86 bits per heavy atom. The minimum absolute atomic E-state index is 0.0793. The van der Waals surface area contributed by atoms with Gasteiger partial charge in [-0.3, -0.25) is 0 Å². The van der Waals surface area contributed by atoms with Gasteiger partial charge in [-0.2, -0.15) is 0 Å². The molecule has 0 spiro atoms. The lowest BCUT2D eigenvalue weighted by Gasteiger charge is -2.12. The summed E-state index contributed by atoms with van der Waals surface area (Å²) in [5.41, 5.74) is 7.21. The number of rotatable bonds is 9. The third-order valence-electron chi connectivity index (χ3n) is 3.36. The van der Waals surface area contributed by atoms with E-state index in [1.807, 2.05) is 13.0 Å². The Kier molecular flexibility index (Phi) is 7.56. The number of benzene rings is 1. The van der Waals surface area contributed by atoms with Crippen LogP contribution in [0.3, 0.4) is 0 Å². The molecule has 1 unspecified atom stereocenters. The predicted octanol–water partition coefficient (Wildman–Crippen LogP) is 1.29. The lowest BCUT2D eigenvalue weighted by molar-refractivity contribution is 0.228. The number of nitrogens with two attached hydrogens (primary N) is 1. The normalized spacial score (nSPS) is 13.2. The number of aliphatic hydroxyl groups is 1. The summed E-state index contributed by atoms with van der Waals surface area (Å²) in [7, 11) is 1.62. The summed E-state index contributed by atoms with van der Waals surface area (Å²) >= 11 is 0. The molecule has 0 amide bonds. The zero-order valence-electron chi connectivity index (χ0n) is 12.7. The second-order valence-corrected chi connectivity index (χ2v) is 5.12. The largest absolute Gasteiger partial charge is 0.496 e. The molecule has 5 N–H and O–H groups in total. The Morgan fingerprint density at radius 2 is 2.24 bits per heavy atom. The highest BCUT2D eigenvalue weighted by atomic mass is 16.5. The van der Waals surface area contributed by atoms with Crippen molar-refractivity contribution in [2.24, 2.45) is 16.8 Å². The first-order valence-corrected chi connectivity index (χ1v) is 7.08. The molecule has 118 valence electrons. The Morgan fingerprint density at radius 1 is 1.48 bits per heavy atom. The molecule has 1 aromatic rings. The van der Waals surface area contributed by atoms with Gasteiger partial charge in [-0.25, -0.2) is 0 Å². The maximum absolute atomic E-state index is 8.96. The summed E-state index contributed by atoms with van der Waals surface area (Å²) in [5, 5.41) is 24.0. The van der Waals surface area contributed by atoms with Crippen LogP contribution in [0.1, 0.15) is 30.9 Å². The zero-order chi connectivity index (χ0) is 15.7. The second-order valence-electron chi connectivity index (χ2n) is 5.12. The molecule has 0 aliphatic rings. The molecular weight excluding hydrogens is 270 g/mol. The summed E-state index contributed by atoms with van der Waals surface area (Å²) in [4.78, 5) is 0. The molecule has 21 heavy (non-hydrogen) atoms. The van der Waals surface area contributed by atoms with Gasteiger partial charge in [0.25, 0.3) is 0 Å². The van der Waals surface area contributed by atoms with Gasteiger partial charge in [-0.15, -0.1) is 0 Å². The van der Waals surface area contributed by atoms with Crippen LogP contribution >= 0.6 is 0 Å². The van der Waals surface area contributed by atoms with Crippen LogP contribution in [0.2, 0.25) is 0 Å². The Bertz CT molecular complexity index is 463. The molecular formula is C15H25N3O3. The van der Waals surface area contributed by atoms with Crippen molar-refractivity contribution in [1.82, 2.24) is 5.32 Å². The molecule has 0 aromatic heterocycles. The third kappa shape index (κ3) is 5.61. The number of amidine groups is 1. The van der Waals surface area contributed by atoms with Crippen LogP contribution in [-0.4, -0.2) is 36.4 Å². The van der Waals surface area contributed by atoms with Crippen LogP contribution < -0.4 is 15.8 Å². The summed E-state index contributed by atoms with van der Waals surface area (Å²) in [6.45, 7) is 3.77. The topological polar surface area (TPSA) is 100 Å². The summed E-state index contributed by atoms with van der Waals surface area (Å²) in [6, 6.07) is 5.40. The van der Waals surface area contributed by atoms with Crippen molar-refractivity contribution in [2.75, 3.05) is 20.3 Å². The fourth-order valence-electron chi connectivity index (χ4n) is 2.02. The molecule has 1 rings (SSSR count). The number of ether oxygens (including phenoxy) is 1. The highest BCUT2D eigenvalue weighted by molar-refractivity contribution is 5.97. The second kappa shape index (κ2) is 9.20. The van der Waals surface area contributed by atoms with E-state index in [1.165, 1.54) is 0 Å². The lowest BCUT2D eigenvalue weighted by atomic mass is 10.1. The first kappa shape index (κ1) is 17.3. The number of nitrogens with zero attached hydrogens (tertiary/aromatic N) is 1. The maximum Gasteiger partial charge on any atom is 0.170 e. The van der Waals surface area contributed by atoms with E-state index in [1.54, 1.807) is 19.2 Å². The summed E-state index contributed by atoms with van der Waals surface area (Å²) < 4.78 is 5.31. The monoisotopic (exact) mass is 295 g/mol. The zero-order valence-corrected chi connectivity index (χ0v) is 12.7. The van der Waals surface area contributed by atoms with Crippen molar-refractivity contribution >= 4 is 5.84 Å². The highest BCUT2D eigenvalue weighted by Crippen LogP contribution is 2.19. The van der Waals surface area contributed by atoms with Gasteiger partial charge in [0, 0.05) is 24.3 Å². The van der Waals surface area contributed by atoms with Crippen molar-refractivity contribution in [1.29, 1.82) is 0 Å². The van der Waals surface area contributed by atoms with Gasteiger partial charge in [0.05, 0.1) is 7.11 Å². The molecule has 1 atom stereocenters. The molecule has 6 heteroatoms. The van der Waals surface area contributed by atoms with E-state index >= 15 is 0 Å². The van der Waals surface area contributed by atoms with Crippen LogP contribution in [0.5, 0.6) is 5.75 Å². The van der Waals surface area contributed by atoms with E-state index in [9.17, 15) is 0 Å². The molecule has 6 nitrogen and oxygen atoms in total. The quantitative estimate of drug-likeness (QED) is 0.181. The van der Waals surface area contributed by atoms with E-state index in [4.69, 9.17) is 20.8 Å². The van der Waals surface area contributed by atoms with Crippen LogP contribution in [0.25, 0.3) is 0 Å². The number of hydrogen-bond acceptors (Lipinski definition) is 5. The smallest absolute Gasteiger partial charge is 0.170 e. The molecule has 0 aliphatic carbocycles. The minimum Gasteiger partial charge on any atom is -0.496 e. The van der Waals surface area contributed by atoms with Gasteiger partial charge in [0.1, 0.15) is 5.75 Å². The first-order chi connectivity index (χ1) is 10.1. The van der Waals surface area contributed by atoms with Gasteiger partial charge in [-0.05, 0) is 43.5 Å². The number of methoxy groups -OCH3 is 1. The van der Waals surface area contributed by atoms with E-state index in [0.717, 1.165) is 30.7 Å². The number of aliphatic hydroxyl groups excluding tert-OH is 1. The molecule has 0 fully saturated rings. The van der Waals surface area contributed by atoms with Crippen molar-refractivity contribution in [3.05, 3.63) is 29.3 Å². The summed E-state index contributed by atoms with van der Waals surface area (Å²) in [6.07, 6.45) is 1.99. The molecule has 0 radical (unpaired) electrons. The van der Waals surface area contributed by atoms with Crippen LogP contribution in [0, 0.1) is 5.92 Å². The number of nitrogens with one attached hydrogen (secondary N) is 1. The maximum atomic E-state index is 8.96. The van der Waals surface area contributed by atoms with E-state index in [2.05, 4.69) is 10.5 Å².